The molecule has 29 heavy (non-hydrogen) atoms. The minimum Gasteiger partial charge on any atom is -0.476 e. The van der Waals surface area contributed by atoms with Gasteiger partial charge in [-0.1, -0.05) is 0 Å². The number of benzene rings is 1. The molecule has 1 saturated heterocycles. The Hall–Kier alpha value is -2.96. The number of piperidine rings is 1. The zero-order valence-electron chi connectivity index (χ0n) is 16.0. The van der Waals surface area contributed by atoms with E-state index in [1.807, 2.05) is 25.3 Å². The number of hydrogen-bond acceptors (Lipinski definition) is 6. The van der Waals surface area contributed by atoms with Gasteiger partial charge in [-0.2, -0.15) is 9.57 Å². The molecule has 1 fully saturated rings. The highest BCUT2D eigenvalue weighted by atomic mass is 32.2. The Balaban J connectivity index is 1.34. The number of nitrogens with zero attached hydrogens (tertiary/aromatic N) is 5. The second-order valence-corrected chi connectivity index (χ2v) is 9.09. The average molecular weight is 411 g/mol. The van der Waals surface area contributed by atoms with Gasteiger partial charge in [-0.15, -0.1) is 5.10 Å². The zero-order chi connectivity index (χ0) is 20.4. The molecule has 0 radical (unpaired) electrons. The third kappa shape index (κ3) is 4.09. The summed E-state index contributed by atoms with van der Waals surface area (Å²) in [4.78, 5) is 4.56. The van der Waals surface area contributed by atoms with Crippen LogP contribution in [0.4, 0.5) is 0 Å². The molecule has 1 aromatic carbocycles. The molecule has 2 aromatic heterocycles. The van der Waals surface area contributed by atoms with Gasteiger partial charge in [0.05, 0.1) is 35.0 Å². The van der Waals surface area contributed by atoms with Crippen LogP contribution in [0.25, 0.3) is 5.65 Å². The monoisotopic (exact) mass is 411 g/mol. The third-order valence-electron chi connectivity index (χ3n) is 5.08. The summed E-state index contributed by atoms with van der Waals surface area (Å²) < 4.78 is 34.6. The highest BCUT2D eigenvalue weighted by molar-refractivity contribution is 7.89. The lowest BCUT2D eigenvalue weighted by atomic mass is 9.99. The summed E-state index contributed by atoms with van der Waals surface area (Å²) >= 11 is 0. The van der Waals surface area contributed by atoms with Crippen LogP contribution in [0.2, 0.25) is 0 Å². The molecular weight excluding hydrogens is 390 g/mol. The van der Waals surface area contributed by atoms with E-state index in [1.165, 1.54) is 28.6 Å². The van der Waals surface area contributed by atoms with Gasteiger partial charge >= 0.3 is 0 Å². The van der Waals surface area contributed by atoms with E-state index in [0.717, 1.165) is 24.2 Å². The first kappa shape index (κ1) is 19.4. The standard InChI is InChI=1S/C20H21N5O3S/c1-15-13-25-19(22-15)6-7-20(23-25)28-14-17-8-10-24(11-9-17)29(26,27)18-4-2-16(12-21)3-5-18/h2-7,13,17H,8-11,14H2,1H3. The summed E-state index contributed by atoms with van der Waals surface area (Å²) in [7, 11) is -3.54. The number of aryl methyl sites for hydroxylation is 1. The van der Waals surface area contributed by atoms with E-state index in [9.17, 15) is 8.42 Å². The number of ether oxygens (including phenoxy) is 1. The normalized spacial score (nSPS) is 16.0. The molecule has 4 rings (SSSR count). The van der Waals surface area contributed by atoms with Gasteiger partial charge in [0.15, 0.2) is 5.65 Å². The lowest BCUT2D eigenvalue weighted by molar-refractivity contribution is 0.179. The van der Waals surface area contributed by atoms with Crippen molar-refractivity contribution in [1.82, 2.24) is 18.9 Å². The second kappa shape index (κ2) is 7.81. The molecule has 1 aliphatic rings. The Bertz CT molecular complexity index is 1160. The van der Waals surface area contributed by atoms with Crippen molar-refractivity contribution in [2.45, 2.75) is 24.7 Å². The van der Waals surface area contributed by atoms with Crippen molar-refractivity contribution in [2.75, 3.05) is 19.7 Å². The van der Waals surface area contributed by atoms with Gasteiger partial charge in [0, 0.05) is 19.2 Å². The van der Waals surface area contributed by atoms with Gasteiger partial charge < -0.3 is 4.74 Å². The van der Waals surface area contributed by atoms with Crippen LogP contribution in [0, 0.1) is 24.2 Å². The van der Waals surface area contributed by atoms with Crippen LogP contribution in [-0.4, -0.2) is 47.0 Å². The summed E-state index contributed by atoms with van der Waals surface area (Å²) in [5.41, 5.74) is 2.11. The largest absolute Gasteiger partial charge is 0.476 e. The molecule has 0 bridgehead atoms. The maximum Gasteiger partial charge on any atom is 0.243 e. The topological polar surface area (TPSA) is 101 Å². The highest BCUT2D eigenvalue weighted by Gasteiger charge is 2.29. The highest BCUT2D eigenvalue weighted by Crippen LogP contribution is 2.24. The number of imidazole rings is 1. The van der Waals surface area contributed by atoms with Crippen LogP contribution >= 0.6 is 0 Å². The van der Waals surface area contributed by atoms with E-state index in [1.54, 1.807) is 10.6 Å². The van der Waals surface area contributed by atoms with Crippen molar-refractivity contribution in [1.29, 1.82) is 5.26 Å². The third-order valence-corrected chi connectivity index (χ3v) is 6.99. The molecular formula is C20H21N5O3S. The summed E-state index contributed by atoms with van der Waals surface area (Å²) in [6.07, 6.45) is 3.29. The van der Waals surface area contributed by atoms with Crippen molar-refractivity contribution in [3.8, 4) is 11.9 Å². The summed E-state index contributed by atoms with van der Waals surface area (Å²) in [5, 5.41) is 13.3. The molecule has 0 N–H and O–H groups in total. The Morgan fingerprint density at radius 3 is 2.59 bits per heavy atom. The van der Waals surface area contributed by atoms with Crippen LogP contribution < -0.4 is 4.74 Å². The van der Waals surface area contributed by atoms with E-state index in [-0.39, 0.29) is 10.8 Å². The molecule has 0 amide bonds. The molecule has 0 aliphatic carbocycles. The van der Waals surface area contributed by atoms with Gasteiger partial charge in [0.2, 0.25) is 15.9 Å². The van der Waals surface area contributed by atoms with Gasteiger partial charge in [-0.05, 0) is 56.0 Å². The molecule has 0 saturated carbocycles. The van der Waals surface area contributed by atoms with Gasteiger partial charge in [-0.3, -0.25) is 0 Å². The molecule has 3 aromatic rings. The summed E-state index contributed by atoms with van der Waals surface area (Å²) in [6, 6.07) is 11.7. The van der Waals surface area contributed by atoms with Crippen molar-refractivity contribution >= 4 is 15.7 Å². The fourth-order valence-electron chi connectivity index (χ4n) is 3.43. The number of rotatable bonds is 5. The predicted molar refractivity (Wildman–Crippen MR) is 106 cm³/mol. The SMILES string of the molecule is Cc1cn2nc(OCC3CCN(S(=O)(=O)c4ccc(C#N)cc4)CC3)ccc2n1. The van der Waals surface area contributed by atoms with E-state index in [2.05, 4.69) is 10.1 Å². The number of aromatic nitrogens is 3. The molecule has 3 heterocycles. The Kier molecular flexibility index (Phi) is 5.22. The van der Waals surface area contributed by atoms with Crippen LogP contribution in [0.3, 0.4) is 0 Å². The molecule has 0 atom stereocenters. The van der Waals surface area contributed by atoms with Crippen molar-refractivity contribution in [3.05, 3.63) is 53.9 Å². The van der Waals surface area contributed by atoms with E-state index >= 15 is 0 Å². The van der Waals surface area contributed by atoms with Crippen LogP contribution in [0.1, 0.15) is 24.1 Å². The summed E-state index contributed by atoms with van der Waals surface area (Å²) in [5.74, 6) is 0.798. The minimum atomic E-state index is -3.54. The lowest BCUT2D eigenvalue weighted by Gasteiger charge is -2.31. The Morgan fingerprint density at radius 2 is 1.90 bits per heavy atom. The lowest BCUT2D eigenvalue weighted by Crippen LogP contribution is -2.39. The Labute approximate surface area is 169 Å². The summed E-state index contributed by atoms with van der Waals surface area (Å²) in [6.45, 7) is 3.30. The van der Waals surface area contributed by atoms with Gasteiger partial charge in [0.1, 0.15) is 0 Å². The van der Waals surface area contributed by atoms with E-state index in [4.69, 9.17) is 10.00 Å². The van der Waals surface area contributed by atoms with Crippen molar-refractivity contribution in [3.63, 3.8) is 0 Å². The van der Waals surface area contributed by atoms with Crippen LogP contribution in [0.5, 0.6) is 5.88 Å². The van der Waals surface area contributed by atoms with Crippen LogP contribution in [-0.2, 0) is 10.0 Å². The van der Waals surface area contributed by atoms with E-state index < -0.39 is 10.0 Å². The number of nitriles is 1. The number of fused-ring (bicyclic) bond motifs is 1. The molecule has 0 unspecified atom stereocenters. The predicted octanol–water partition coefficient (Wildman–Crippen LogP) is 2.39. The second-order valence-electron chi connectivity index (χ2n) is 7.15. The van der Waals surface area contributed by atoms with Crippen molar-refractivity contribution in [2.24, 2.45) is 5.92 Å². The zero-order valence-corrected chi connectivity index (χ0v) is 16.8. The maximum absolute atomic E-state index is 12.8. The number of sulfonamides is 1. The quantitative estimate of drug-likeness (QED) is 0.639. The molecule has 8 nitrogen and oxygen atoms in total. The maximum atomic E-state index is 12.8. The first-order valence-electron chi connectivity index (χ1n) is 9.42. The molecule has 0 spiro atoms. The van der Waals surface area contributed by atoms with E-state index in [0.29, 0.717) is 31.1 Å². The molecule has 150 valence electrons. The first-order chi connectivity index (χ1) is 14.0. The van der Waals surface area contributed by atoms with Gasteiger partial charge in [-0.25, -0.2) is 17.9 Å². The Morgan fingerprint density at radius 1 is 1.17 bits per heavy atom. The van der Waals surface area contributed by atoms with Gasteiger partial charge in [0.25, 0.3) is 0 Å². The smallest absolute Gasteiger partial charge is 0.243 e. The molecule has 9 heteroatoms. The van der Waals surface area contributed by atoms with Crippen molar-refractivity contribution < 1.29 is 13.2 Å². The molecule has 1 aliphatic heterocycles. The minimum absolute atomic E-state index is 0.222. The van der Waals surface area contributed by atoms with Crippen LogP contribution in [0.15, 0.2) is 47.5 Å². The fourth-order valence-corrected chi connectivity index (χ4v) is 4.90. The fraction of sp³-hybridized carbons (Fsp3) is 0.350. The number of hydrogen-bond donors (Lipinski definition) is 0. The first-order valence-corrected chi connectivity index (χ1v) is 10.9. The average Bonchev–Trinajstić information content (AvgIpc) is 3.12.